The van der Waals surface area contributed by atoms with Crippen LogP contribution in [0.2, 0.25) is 0 Å². The van der Waals surface area contributed by atoms with Crippen LogP contribution < -0.4 is 26.9 Å². The van der Waals surface area contributed by atoms with Crippen molar-refractivity contribution in [2.45, 2.75) is 43.4 Å². The number of aromatic nitrogens is 2. The monoisotopic (exact) mass is 412 g/mol. The van der Waals surface area contributed by atoms with Crippen LogP contribution in [-0.2, 0) is 22.6 Å². The van der Waals surface area contributed by atoms with Crippen molar-refractivity contribution in [2.75, 3.05) is 29.5 Å². The minimum atomic E-state index is -1.18. The Kier molecular flexibility index (Phi) is 5.46. The molecule has 11 heteroatoms. The first-order valence-corrected chi connectivity index (χ1v) is 10.8. The lowest BCUT2D eigenvalue weighted by molar-refractivity contribution is -0.720. The fourth-order valence-corrected chi connectivity index (χ4v) is 6.28. The van der Waals surface area contributed by atoms with E-state index < -0.39 is 17.4 Å². The van der Waals surface area contributed by atoms with Crippen molar-refractivity contribution in [3.05, 3.63) is 5.56 Å². The molecule has 2 aliphatic rings. The molecule has 1 aromatic rings. The number of β-lactam (4-membered cyclic amide) rings is 1. The number of hydrogen-bond acceptors (Lipinski definition) is 9. The van der Waals surface area contributed by atoms with Gasteiger partial charge in [-0.05, 0) is 13.3 Å². The maximum atomic E-state index is 12.0. The maximum Gasteiger partial charge on any atom is 0.300 e. The van der Waals surface area contributed by atoms with Gasteiger partial charge in [0.05, 0.1) is 18.1 Å². The predicted octanol–water partition coefficient (Wildman–Crippen LogP) is -1.81. The molecule has 0 aliphatic carbocycles. The zero-order chi connectivity index (χ0) is 19.9. The standard InChI is InChI=1S/C16H24N6O3S2/c1-3-8-10(18)20-15(21(4-2)11(8)19)27-7-16(14(24)25)5-22-12(23)9(17)13(22)26-6-16/h9,13H,3-7,17H2,1-2H3,(H4,18,19,24,25)/t9?,13-,16?/m1/s1. The number of rotatable bonds is 6. The van der Waals surface area contributed by atoms with Crippen molar-refractivity contribution < 1.29 is 19.3 Å². The topological polar surface area (TPSA) is 155 Å². The minimum absolute atomic E-state index is 0.0939. The van der Waals surface area contributed by atoms with Crippen LogP contribution >= 0.6 is 23.5 Å². The first-order chi connectivity index (χ1) is 12.8. The van der Waals surface area contributed by atoms with Gasteiger partial charge in [0.15, 0.2) is 0 Å². The molecule has 0 aromatic carbocycles. The van der Waals surface area contributed by atoms with Crippen LogP contribution in [0.15, 0.2) is 5.16 Å². The SMILES string of the molecule is CCc1c(N)nc(SCC2(C(=O)[O-])CS[C@@H]3C(N)C(=O)N3C2)[n+](CC)c1N. The number of hydrogen-bond donors (Lipinski definition) is 3. The quantitative estimate of drug-likeness (QED) is 0.212. The Bertz CT molecular complexity index is 792. The summed E-state index contributed by atoms with van der Waals surface area (Å²) in [5.41, 5.74) is 17.6. The molecule has 2 unspecified atom stereocenters. The lowest BCUT2D eigenvalue weighted by atomic mass is 9.89. The molecule has 148 valence electrons. The fourth-order valence-electron chi connectivity index (χ4n) is 3.41. The number of carbonyl (C=O) groups is 2. The Balaban J connectivity index is 1.84. The van der Waals surface area contributed by atoms with E-state index >= 15 is 0 Å². The number of aliphatic carboxylic acids is 1. The number of anilines is 2. The Morgan fingerprint density at radius 2 is 2.19 bits per heavy atom. The summed E-state index contributed by atoms with van der Waals surface area (Å²) in [6, 6.07) is -0.549. The molecular weight excluding hydrogens is 388 g/mol. The van der Waals surface area contributed by atoms with Crippen molar-refractivity contribution in [1.29, 1.82) is 0 Å². The third-order valence-electron chi connectivity index (χ3n) is 5.12. The summed E-state index contributed by atoms with van der Waals surface area (Å²) in [6.45, 7) is 4.57. The van der Waals surface area contributed by atoms with E-state index in [0.717, 1.165) is 5.56 Å². The summed E-state index contributed by atoms with van der Waals surface area (Å²) in [4.78, 5) is 29.9. The molecule has 1 amide bonds. The van der Waals surface area contributed by atoms with Crippen LogP contribution in [0.5, 0.6) is 0 Å². The molecule has 9 nitrogen and oxygen atoms in total. The summed E-state index contributed by atoms with van der Waals surface area (Å²) >= 11 is 2.66. The van der Waals surface area contributed by atoms with E-state index in [4.69, 9.17) is 17.2 Å². The van der Waals surface area contributed by atoms with Gasteiger partial charge in [0.2, 0.25) is 17.5 Å². The molecule has 6 N–H and O–H groups in total. The highest BCUT2D eigenvalue weighted by Crippen LogP contribution is 2.43. The highest BCUT2D eigenvalue weighted by atomic mass is 32.2. The molecule has 27 heavy (non-hydrogen) atoms. The van der Waals surface area contributed by atoms with Crippen molar-refractivity contribution in [3.8, 4) is 0 Å². The van der Waals surface area contributed by atoms with Crippen LogP contribution in [0.1, 0.15) is 19.4 Å². The third kappa shape index (κ3) is 3.21. The van der Waals surface area contributed by atoms with Gasteiger partial charge in [-0.1, -0.05) is 23.7 Å². The van der Waals surface area contributed by atoms with E-state index in [0.29, 0.717) is 35.5 Å². The van der Waals surface area contributed by atoms with E-state index in [2.05, 4.69) is 4.98 Å². The lowest BCUT2D eigenvalue weighted by Gasteiger charge is -2.54. The largest absolute Gasteiger partial charge is 0.549 e. The number of carbonyl (C=O) groups excluding carboxylic acids is 2. The van der Waals surface area contributed by atoms with E-state index in [-0.39, 0.29) is 23.6 Å². The average Bonchev–Trinajstić information content (AvgIpc) is 2.65. The normalized spacial score (nSPS) is 27.2. The van der Waals surface area contributed by atoms with E-state index in [1.54, 1.807) is 0 Å². The summed E-state index contributed by atoms with van der Waals surface area (Å²) in [7, 11) is 0. The van der Waals surface area contributed by atoms with Crippen LogP contribution in [0, 0.1) is 5.41 Å². The molecule has 0 radical (unpaired) electrons. The zero-order valence-corrected chi connectivity index (χ0v) is 16.9. The number of fused-ring (bicyclic) bond motifs is 1. The van der Waals surface area contributed by atoms with Gasteiger partial charge in [0.25, 0.3) is 0 Å². The van der Waals surface area contributed by atoms with Gasteiger partial charge in [-0.2, -0.15) is 0 Å². The van der Waals surface area contributed by atoms with E-state index in [1.807, 2.05) is 18.4 Å². The predicted molar refractivity (Wildman–Crippen MR) is 102 cm³/mol. The Morgan fingerprint density at radius 1 is 1.48 bits per heavy atom. The minimum Gasteiger partial charge on any atom is -0.549 e. The first-order valence-electron chi connectivity index (χ1n) is 8.75. The van der Waals surface area contributed by atoms with Gasteiger partial charge in [0, 0.05) is 23.5 Å². The maximum absolute atomic E-state index is 12.0. The van der Waals surface area contributed by atoms with Crippen LogP contribution in [0.4, 0.5) is 11.6 Å². The number of carboxylic acid groups (broad SMARTS) is 1. The van der Waals surface area contributed by atoms with E-state index in [9.17, 15) is 14.7 Å². The number of nitrogens with two attached hydrogens (primary N) is 3. The van der Waals surface area contributed by atoms with Crippen LogP contribution in [0.3, 0.4) is 0 Å². The number of amides is 1. The van der Waals surface area contributed by atoms with E-state index in [1.165, 1.54) is 28.4 Å². The second-order valence-electron chi connectivity index (χ2n) is 6.79. The van der Waals surface area contributed by atoms with Crippen molar-refractivity contribution >= 4 is 47.0 Å². The summed E-state index contributed by atoms with van der Waals surface area (Å²) in [5.74, 6) is 0.0277. The molecule has 0 bridgehead atoms. The molecule has 2 fully saturated rings. The Morgan fingerprint density at radius 3 is 2.78 bits per heavy atom. The van der Waals surface area contributed by atoms with Gasteiger partial charge in [-0.3, -0.25) is 4.79 Å². The van der Waals surface area contributed by atoms with Gasteiger partial charge in [-0.25, -0.2) is 4.57 Å². The third-order valence-corrected chi connectivity index (χ3v) is 8.00. The highest BCUT2D eigenvalue weighted by molar-refractivity contribution is 8.00. The molecule has 3 rings (SSSR count). The van der Waals surface area contributed by atoms with Crippen molar-refractivity contribution in [3.63, 3.8) is 0 Å². The number of nitrogen functional groups attached to an aromatic ring is 2. The lowest BCUT2D eigenvalue weighted by Crippen LogP contribution is -2.73. The Labute approximate surface area is 166 Å². The second kappa shape index (κ2) is 7.36. The molecule has 2 aliphatic heterocycles. The highest BCUT2D eigenvalue weighted by Gasteiger charge is 2.53. The van der Waals surface area contributed by atoms with Gasteiger partial charge >= 0.3 is 5.16 Å². The number of nitrogens with zero attached hydrogens (tertiary/aromatic N) is 3. The van der Waals surface area contributed by atoms with Crippen LogP contribution in [0.25, 0.3) is 0 Å². The molecule has 3 atom stereocenters. The summed E-state index contributed by atoms with van der Waals surface area (Å²) in [6.07, 6.45) is 0.661. The smallest absolute Gasteiger partial charge is 0.300 e. The van der Waals surface area contributed by atoms with Crippen LogP contribution in [-0.4, -0.2) is 51.2 Å². The van der Waals surface area contributed by atoms with Gasteiger partial charge in [-0.15, -0.1) is 11.8 Å². The summed E-state index contributed by atoms with van der Waals surface area (Å²) < 4.78 is 1.83. The second-order valence-corrected chi connectivity index (χ2v) is 8.84. The van der Waals surface area contributed by atoms with Crippen molar-refractivity contribution in [1.82, 2.24) is 9.88 Å². The number of carboxylic acids is 1. The molecule has 0 spiro atoms. The summed E-state index contributed by atoms with van der Waals surface area (Å²) in [5, 5.41) is 12.4. The van der Waals surface area contributed by atoms with Crippen molar-refractivity contribution in [2.24, 2.45) is 11.1 Å². The Hall–Kier alpha value is -1.72. The molecular formula is C16H24N6O3S2. The molecule has 1 aromatic heterocycles. The fraction of sp³-hybridized carbons (Fsp3) is 0.625. The molecule has 2 saturated heterocycles. The van der Waals surface area contributed by atoms with Gasteiger partial charge < -0.3 is 32.0 Å². The first kappa shape index (κ1) is 20.0. The number of thioether (sulfide) groups is 2. The molecule has 3 heterocycles. The average molecular weight is 413 g/mol. The zero-order valence-electron chi connectivity index (χ0n) is 15.3. The molecule has 0 saturated carbocycles. The van der Waals surface area contributed by atoms with Gasteiger partial charge in [0.1, 0.15) is 11.4 Å².